The van der Waals surface area contributed by atoms with Gasteiger partial charge in [0.2, 0.25) is 5.91 Å². The van der Waals surface area contributed by atoms with E-state index >= 15 is 0 Å². The van der Waals surface area contributed by atoms with Gasteiger partial charge in [0.05, 0.1) is 6.61 Å². The van der Waals surface area contributed by atoms with Crippen LogP contribution in [0.2, 0.25) is 0 Å². The topological polar surface area (TPSA) is 64.3 Å². The number of nitrogens with one attached hydrogen (secondary N) is 1. The molecular weight excluding hydrogens is 228 g/mol. The van der Waals surface area contributed by atoms with Crippen LogP contribution >= 0.6 is 12.4 Å². The normalized spacial score (nSPS) is 15.4. The van der Waals surface area contributed by atoms with E-state index in [4.69, 9.17) is 10.5 Å². The molecule has 0 radical (unpaired) electrons. The third-order valence-electron chi connectivity index (χ3n) is 2.27. The van der Waals surface area contributed by atoms with Crippen LogP contribution in [0, 0.1) is 5.92 Å². The van der Waals surface area contributed by atoms with Crippen molar-refractivity contribution >= 4 is 18.3 Å². The Morgan fingerprint density at radius 2 is 2.12 bits per heavy atom. The molecule has 0 spiro atoms. The molecule has 3 N–H and O–H groups in total. The number of nitrogens with two attached hydrogens (primary N) is 1. The highest BCUT2D eigenvalue weighted by Crippen LogP contribution is 2.28. The van der Waals surface area contributed by atoms with E-state index in [-0.39, 0.29) is 23.9 Å². The van der Waals surface area contributed by atoms with Crippen molar-refractivity contribution in [3.05, 3.63) is 0 Å². The van der Waals surface area contributed by atoms with Gasteiger partial charge < -0.3 is 15.8 Å². The molecule has 0 aromatic carbocycles. The predicted molar refractivity (Wildman–Crippen MR) is 66.7 cm³/mol. The molecule has 5 heteroatoms. The molecule has 0 saturated heterocycles. The molecular formula is C11H23ClN2O2. The van der Waals surface area contributed by atoms with Crippen molar-refractivity contribution in [3.63, 3.8) is 0 Å². The van der Waals surface area contributed by atoms with Crippen molar-refractivity contribution < 1.29 is 9.53 Å². The molecule has 1 amide bonds. The van der Waals surface area contributed by atoms with Crippen LogP contribution in [0.4, 0.5) is 0 Å². The van der Waals surface area contributed by atoms with Gasteiger partial charge in [-0.3, -0.25) is 4.79 Å². The summed E-state index contributed by atoms with van der Waals surface area (Å²) in [4.78, 5) is 11.3. The first-order valence-corrected chi connectivity index (χ1v) is 5.61. The Morgan fingerprint density at radius 3 is 2.62 bits per heavy atom. The Hall–Kier alpha value is -0.320. The van der Waals surface area contributed by atoms with Crippen LogP contribution in [0.3, 0.4) is 0 Å². The zero-order chi connectivity index (χ0) is 11.3. The van der Waals surface area contributed by atoms with Gasteiger partial charge in [-0.2, -0.15) is 0 Å². The lowest BCUT2D eigenvalue weighted by Crippen LogP contribution is -2.45. The molecule has 1 fully saturated rings. The lowest BCUT2D eigenvalue weighted by atomic mass is 10.1. The average molecular weight is 251 g/mol. The highest BCUT2D eigenvalue weighted by molar-refractivity contribution is 5.85. The van der Waals surface area contributed by atoms with E-state index in [2.05, 4.69) is 5.32 Å². The van der Waals surface area contributed by atoms with Crippen LogP contribution in [0.5, 0.6) is 0 Å². The van der Waals surface area contributed by atoms with Crippen molar-refractivity contribution in [2.75, 3.05) is 19.8 Å². The Kier molecular flexibility index (Phi) is 6.95. The molecule has 0 bridgehead atoms. The van der Waals surface area contributed by atoms with Gasteiger partial charge in [0.25, 0.3) is 0 Å². The molecule has 0 aromatic rings. The highest BCUT2D eigenvalue weighted by Gasteiger charge is 2.21. The summed E-state index contributed by atoms with van der Waals surface area (Å²) in [5.41, 5.74) is 5.40. The molecule has 1 rings (SSSR count). The van der Waals surface area contributed by atoms with Gasteiger partial charge in [0.15, 0.2) is 0 Å². The molecule has 0 aliphatic heterocycles. The quantitative estimate of drug-likeness (QED) is 0.665. The second-order valence-electron chi connectivity index (χ2n) is 5.03. The molecule has 16 heavy (non-hydrogen) atoms. The zero-order valence-electron chi connectivity index (χ0n) is 10.1. The molecule has 0 atom stereocenters. The van der Waals surface area contributed by atoms with E-state index in [0.717, 1.165) is 12.5 Å². The maximum absolute atomic E-state index is 11.3. The molecule has 0 aromatic heterocycles. The standard InChI is InChI=1S/C11H22N2O2.ClH/c1-11(2,12)8-13-10(14)5-6-15-7-9-3-4-9;/h9H,3-8,12H2,1-2H3,(H,13,14);1H. The molecule has 1 saturated carbocycles. The number of rotatable bonds is 7. The van der Waals surface area contributed by atoms with Crippen molar-refractivity contribution in [2.24, 2.45) is 11.7 Å². The Bertz CT molecular complexity index is 213. The number of hydrogen-bond donors (Lipinski definition) is 2. The van der Waals surface area contributed by atoms with Crippen molar-refractivity contribution in [1.82, 2.24) is 5.32 Å². The van der Waals surface area contributed by atoms with Crippen LogP contribution in [0.1, 0.15) is 33.1 Å². The SMILES string of the molecule is CC(C)(N)CNC(=O)CCOCC1CC1.Cl. The van der Waals surface area contributed by atoms with Crippen LogP contribution in [0.25, 0.3) is 0 Å². The zero-order valence-corrected chi connectivity index (χ0v) is 10.9. The number of hydrogen-bond acceptors (Lipinski definition) is 3. The smallest absolute Gasteiger partial charge is 0.222 e. The van der Waals surface area contributed by atoms with Gasteiger partial charge in [-0.05, 0) is 32.6 Å². The van der Waals surface area contributed by atoms with E-state index in [9.17, 15) is 4.79 Å². The van der Waals surface area contributed by atoms with Crippen LogP contribution < -0.4 is 11.1 Å². The van der Waals surface area contributed by atoms with Crippen LogP contribution in [-0.2, 0) is 9.53 Å². The summed E-state index contributed by atoms with van der Waals surface area (Å²) in [5, 5.41) is 2.78. The summed E-state index contributed by atoms with van der Waals surface area (Å²) in [6.45, 7) is 5.62. The summed E-state index contributed by atoms with van der Waals surface area (Å²) in [6.07, 6.45) is 3.00. The van der Waals surface area contributed by atoms with Gasteiger partial charge in [0.1, 0.15) is 0 Å². The average Bonchev–Trinajstić information content (AvgIpc) is 2.91. The molecule has 0 unspecified atom stereocenters. The number of ether oxygens (including phenoxy) is 1. The lowest BCUT2D eigenvalue weighted by molar-refractivity contribution is -0.122. The van der Waals surface area contributed by atoms with E-state index in [1.807, 2.05) is 13.8 Å². The van der Waals surface area contributed by atoms with Gasteiger partial charge in [-0.25, -0.2) is 0 Å². The molecule has 0 heterocycles. The van der Waals surface area contributed by atoms with Gasteiger partial charge in [-0.15, -0.1) is 12.4 Å². The summed E-state index contributed by atoms with van der Waals surface area (Å²) in [5.74, 6) is 0.778. The minimum Gasteiger partial charge on any atom is -0.381 e. The first-order chi connectivity index (χ1) is 6.97. The summed E-state index contributed by atoms with van der Waals surface area (Å²) < 4.78 is 5.37. The van der Waals surface area contributed by atoms with Crippen LogP contribution in [0.15, 0.2) is 0 Å². The summed E-state index contributed by atoms with van der Waals surface area (Å²) >= 11 is 0. The summed E-state index contributed by atoms with van der Waals surface area (Å²) in [7, 11) is 0. The molecule has 1 aliphatic carbocycles. The fourth-order valence-corrected chi connectivity index (χ4v) is 1.11. The molecule has 1 aliphatic rings. The molecule has 4 nitrogen and oxygen atoms in total. The van der Waals surface area contributed by atoms with Gasteiger partial charge in [0, 0.05) is 25.1 Å². The van der Waals surface area contributed by atoms with E-state index in [0.29, 0.717) is 19.6 Å². The maximum atomic E-state index is 11.3. The van der Waals surface area contributed by atoms with E-state index in [1.165, 1.54) is 12.8 Å². The highest BCUT2D eigenvalue weighted by atomic mass is 35.5. The Morgan fingerprint density at radius 1 is 1.50 bits per heavy atom. The number of amides is 1. The number of carbonyl (C=O) groups excluding carboxylic acids is 1. The largest absolute Gasteiger partial charge is 0.381 e. The number of halogens is 1. The number of carbonyl (C=O) groups is 1. The molecule has 96 valence electrons. The van der Waals surface area contributed by atoms with Crippen molar-refractivity contribution in [3.8, 4) is 0 Å². The first-order valence-electron chi connectivity index (χ1n) is 5.61. The second kappa shape index (κ2) is 7.09. The van der Waals surface area contributed by atoms with E-state index < -0.39 is 0 Å². The van der Waals surface area contributed by atoms with E-state index in [1.54, 1.807) is 0 Å². The van der Waals surface area contributed by atoms with Crippen molar-refractivity contribution in [2.45, 2.75) is 38.6 Å². The Labute approximate surface area is 104 Å². The third kappa shape index (κ3) is 8.95. The van der Waals surface area contributed by atoms with Crippen LogP contribution in [-0.4, -0.2) is 31.2 Å². The third-order valence-corrected chi connectivity index (χ3v) is 2.27. The predicted octanol–water partition coefficient (Wildman–Crippen LogP) is 1.08. The minimum atomic E-state index is -0.343. The fraction of sp³-hybridized carbons (Fsp3) is 0.909. The second-order valence-corrected chi connectivity index (χ2v) is 5.03. The monoisotopic (exact) mass is 250 g/mol. The van der Waals surface area contributed by atoms with Gasteiger partial charge in [-0.1, -0.05) is 0 Å². The lowest BCUT2D eigenvalue weighted by Gasteiger charge is -2.18. The van der Waals surface area contributed by atoms with Gasteiger partial charge >= 0.3 is 0 Å². The summed E-state index contributed by atoms with van der Waals surface area (Å²) in [6, 6.07) is 0. The Balaban J connectivity index is 0.00000225. The fourth-order valence-electron chi connectivity index (χ4n) is 1.11. The maximum Gasteiger partial charge on any atom is 0.222 e. The van der Waals surface area contributed by atoms with Crippen molar-refractivity contribution in [1.29, 1.82) is 0 Å². The minimum absolute atomic E-state index is 0. The first kappa shape index (κ1) is 15.7.